The van der Waals surface area contributed by atoms with Crippen LogP contribution in [0.5, 0.6) is 0 Å². The van der Waals surface area contributed by atoms with E-state index in [0.717, 1.165) is 6.41 Å². The topological polar surface area (TPSA) is 40.6 Å². The molecule has 0 aliphatic carbocycles. The summed E-state index contributed by atoms with van der Waals surface area (Å²) in [5.41, 5.74) is 0. The Hall–Kier alpha value is -1.06. The van der Waals surface area contributed by atoms with Crippen molar-refractivity contribution < 1.29 is 9.59 Å². The van der Waals surface area contributed by atoms with Crippen molar-refractivity contribution in [2.75, 3.05) is 27.2 Å². The standard InChI is InChI=1S/C7H12N2O2/c1-8(2)7(11)6-3-9(4-6)5-10/h5-6H,3-4H2,1-2H3. The number of nitrogens with zero attached hydrogens (tertiary/aromatic N) is 2. The van der Waals surface area contributed by atoms with Crippen LogP contribution in [0.2, 0.25) is 0 Å². The highest BCUT2D eigenvalue weighted by Gasteiger charge is 2.32. The minimum Gasteiger partial charge on any atom is -0.348 e. The molecule has 0 radical (unpaired) electrons. The van der Waals surface area contributed by atoms with E-state index >= 15 is 0 Å². The Bertz CT molecular complexity index is 173. The van der Waals surface area contributed by atoms with Gasteiger partial charge in [0.05, 0.1) is 5.92 Å². The highest BCUT2D eigenvalue weighted by molar-refractivity contribution is 5.80. The van der Waals surface area contributed by atoms with Crippen LogP contribution in [0.1, 0.15) is 0 Å². The smallest absolute Gasteiger partial charge is 0.228 e. The van der Waals surface area contributed by atoms with Gasteiger partial charge in [-0.2, -0.15) is 0 Å². The molecule has 0 unspecified atom stereocenters. The molecule has 1 aliphatic rings. The van der Waals surface area contributed by atoms with E-state index in [1.54, 1.807) is 23.9 Å². The molecule has 1 fully saturated rings. The van der Waals surface area contributed by atoms with Crippen molar-refractivity contribution in [3.05, 3.63) is 0 Å². The maximum atomic E-state index is 11.2. The average Bonchev–Trinajstić information content (AvgIpc) is 1.85. The average molecular weight is 156 g/mol. The summed E-state index contributed by atoms with van der Waals surface area (Å²) < 4.78 is 0. The molecule has 0 aromatic rings. The molecule has 0 bridgehead atoms. The molecule has 0 spiro atoms. The Morgan fingerprint density at radius 1 is 1.55 bits per heavy atom. The number of hydrogen-bond donors (Lipinski definition) is 0. The molecular weight excluding hydrogens is 144 g/mol. The van der Waals surface area contributed by atoms with Gasteiger partial charge in [0.25, 0.3) is 0 Å². The fourth-order valence-corrected chi connectivity index (χ4v) is 1.12. The molecule has 1 aliphatic heterocycles. The lowest BCUT2D eigenvalue weighted by atomic mass is 10.00. The fraction of sp³-hybridized carbons (Fsp3) is 0.714. The molecule has 2 amide bonds. The Morgan fingerprint density at radius 2 is 2.09 bits per heavy atom. The summed E-state index contributed by atoms with van der Waals surface area (Å²) in [6.45, 7) is 1.17. The first-order valence-corrected chi connectivity index (χ1v) is 3.55. The molecule has 0 saturated carbocycles. The Kier molecular flexibility index (Phi) is 2.12. The van der Waals surface area contributed by atoms with Gasteiger partial charge in [0.15, 0.2) is 0 Å². The number of hydrogen-bond acceptors (Lipinski definition) is 2. The molecule has 4 nitrogen and oxygen atoms in total. The molecule has 0 aromatic heterocycles. The predicted molar refractivity (Wildman–Crippen MR) is 39.8 cm³/mol. The van der Waals surface area contributed by atoms with Gasteiger partial charge < -0.3 is 9.80 Å². The lowest BCUT2D eigenvalue weighted by molar-refractivity contribution is -0.141. The van der Waals surface area contributed by atoms with Crippen LogP contribution in [0.25, 0.3) is 0 Å². The van der Waals surface area contributed by atoms with Crippen LogP contribution in [0.15, 0.2) is 0 Å². The number of amides is 2. The highest BCUT2D eigenvalue weighted by Crippen LogP contribution is 2.14. The van der Waals surface area contributed by atoms with Gasteiger partial charge in [-0.05, 0) is 0 Å². The van der Waals surface area contributed by atoms with Gasteiger partial charge in [-0.15, -0.1) is 0 Å². The SMILES string of the molecule is CN(C)C(=O)C1CN(C=O)C1. The summed E-state index contributed by atoms with van der Waals surface area (Å²) in [5.74, 6) is 0.151. The fourth-order valence-electron chi connectivity index (χ4n) is 1.12. The lowest BCUT2D eigenvalue weighted by Gasteiger charge is -2.36. The van der Waals surface area contributed by atoms with Gasteiger partial charge in [-0.3, -0.25) is 9.59 Å². The third-order valence-corrected chi connectivity index (χ3v) is 1.85. The second kappa shape index (κ2) is 2.90. The summed E-state index contributed by atoms with van der Waals surface area (Å²) in [5, 5.41) is 0. The Labute approximate surface area is 65.8 Å². The molecule has 11 heavy (non-hydrogen) atoms. The third-order valence-electron chi connectivity index (χ3n) is 1.85. The second-order valence-corrected chi connectivity index (χ2v) is 2.99. The molecule has 1 saturated heterocycles. The molecule has 0 atom stereocenters. The van der Waals surface area contributed by atoms with E-state index in [1.807, 2.05) is 0 Å². The predicted octanol–water partition coefficient (Wildman–Crippen LogP) is -0.837. The quantitative estimate of drug-likeness (QED) is 0.489. The molecular formula is C7H12N2O2. The largest absolute Gasteiger partial charge is 0.348 e. The molecule has 1 heterocycles. The van der Waals surface area contributed by atoms with Gasteiger partial charge in [0.2, 0.25) is 12.3 Å². The first kappa shape index (κ1) is 8.04. The van der Waals surface area contributed by atoms with Crippen LogP contribution in [-0.2, 0) is 9.59 Å². The minimum atomic E-state index is 0.0372. The normalized spacial score (nSPS) is 17.5. The molecule has 0 N–H and O–H groups in total. The van der Waals surface area contributed by atoms with Gasteiger partial charge >= 0.3 is 0 Å². The first-order chi connectivity index (χ1) is 5.15. The van der Waals surface area contributed by atoms with E-state index in [4.69, 9.17) is 0 Å². The Balaban J connectivity index is 2.32. The maximum Gasteiger partial charge on any atom is 0.228 e. The van der Waals surface area contributed by atoms with Gasteiger partial charge in [0, 0.05) is 27.2 Å². The lowest BCUT2D eigenvalue weighted by Crippen LogP contribution is -2.52. The molecule has 62 valence electrons. The summed E-state index contributed by atoms with van der Waals surface area (Å²) in [7, 11) is 3.46. The van der Waals surface area contributed by atoms with Crippen LogP contribution in [0.3, 0.4) is 0 Å². The van der Waals surface area contributed by atoms with Crippen molar-refractivity contribution in [2.24, 2.45) is 5.92 Å². The van der Waals surface area contributed by atoms with Crippen LogP contribution >= 0.6 is 0 Å². The van der Waals surface area contributed by atoms with E-state index in [2.05, 4.69) is 0 Å². The van der Waals surface area contributed by atoms with E-state index < -0.39 is 0 Å². The zero-order valence-corrected chi connectivity index (χ0v) is 6.78. The van der Waals surface area contributed by atoms with Crippen molar-refractivity contribution in [1.29, 1.82) is 0 Å². The van der Waals surface area contributed by atoms with E-state index in [1.165, 1.54) is 0 Å². The Morgan fingerprint density at radius 3 is 2.45 bits per heavy atom. The van der Waals surface area contributed by atoms with Gasteiger partial charge in [-0.25, -0.2) is 0 Å². The van der Waals surface area contributed by atoms with Crippen molar-refractivity contribution in [1.82, 2.24) is 9.80 Å². The van der Waals surface area contributed by atoms with Crippen LogP contribution < -0.4 is 0 Å². The minimum absolute atomic E-state index is 0.0372. The monoisotopic (exact) mass is 156 g/mol. The zero-order chi connectivity index (χ0) is 8.43. The first-order valence-electron chi connectivity index (χ1n) is 3.55. The van der Waals surface area contributed by atoms with E-state index in [9.17, 15) is 9.59 Å². The van der Waals surface area contributed by atoms with Crippen LogP contribution in [-0.4, -0.2) is 49.3 Å². The number of carbonyl (C=O) groups is 2. The summed E-state index contributed by atoms with van der Waals surface area (Å²) in [4.78, 5) is 24.4. The van der Waals surface area contributed by atoms with Gasteiger partial charge in [-0.1, -0.05) is 0 Å². The number of rotatable bonds is 2. The van der Waals surface area contributed by atoms with Crippen LogP contribution in [0, 0.1) is 5.92 Å². The third kappa shape index (κ3) is 1.50. The summed E-state index contributed by atoms with van der Waals surface area (Å²) in [6.07, 6.45) is 0.777. The zero-order valence-electron chi connectivity index (χ0n) is 6.78. The van der Waals surface area contributed by atoms with Crippen molar-refractivity contribution >= 4 is 12.3 Å². The van der Waals surface area contributed by atoms with Crippen molar-refractivity contribution in [3.63, 3.8) is 0 Å². The summed E-state index contributed by atoms with van der Waals surface area (Å²) in [6, 6.07) is 0. The van der Waals surface area contributed by atoms with Crippen molar-refractivity contribution in [3.8, 4) is 0 Å². The molecule has 0 aromatic carbocycles. The second-order valence-electron chi connectivity index (χ2n) is 2.99. The maximum absolute atomic E-state index is 11.2. The van der Waals surface area contributed by atoms with Gasteiger partial charge in [0.1, 0.15) is 0 Å². The number of carbonyl (C=O) groups excluding carboxylic acids is 2. The van der Waals surface area contributed by atoms with Crippen LogP contribution in [0.4, 0.5) is 0 Å². The van der Waals surface area contributed by atoms with E-state index in [0.29, 0.717) is 13.1 Å². The van der Waals surface area contributed by atoms with E-state index in [-0.39, 0.29) is 11.8 Å². The highest BCUT2D eigenvalue weighted by atomic mass is 16.2. The molecule has 1 rings (SSSR count). The summed E-state index contributed by atoms with van der Waals surface area (Å²) >= 11 is 0. The number of likely N-dealkylation sites (tertiary alicyclic amines) is 1. The van der Waals surface area contributed by atoms with Crippen molar-refractivity contribution in [2.45, 2.75) is 0 Å². The molecule has 4 heteroatoms.